The minimum Gasteiger partial charge on any atom is -0.480 e. The highest BCUT2D eigenvalue weighted by Crippen LogP contribution is 2.26. The monoisotopic (exact) mass is 400 g/mol. The maximum atomic E-state index is 13.1. The van der Waals surface area contributed by atoms with Gasteiger partial charge in [-0.15, -0.1) is 0 Å². The molecule has 1 heterocycles. The average molecular weight is 402 g/mol. The van der Waals surface area contributed by atoms with E-state index in [0.717, 1.165) is 5.56 Å². The molecule has 2 aromatic rings. The number of carbonyl (C=O) groups is 1. The Morgan fingerprint density at radius 2 is 2.17 bits per heavy atom. The molecule has 23 heavy (non-hydrogen) atoms. The van der Waals surface area contributed by atoms with Gasteiger partial charge >= 0.3 is 0 Å². The summed E-state index contributed by atoms with van der Waals surface area (Å²) in [4.78, 5) is 17.9. The molecule has 0 saturated carbocycles. The molecule has 1 aromatic carbocycles. The van der Waals surface area contributed by atoms with Crippen molar-refractivity contribution in [3.8, 4) is 5.75 Å². The Morgan fingerprint density at radius 1 is 1.43 bits per heavy atom. The summed E-state index contributed by atoms with van der Waals surface area (Å²) in [7, 11) is 1.68. The fourth-order valence-corrected chi connectivity index (χ4v) is 2.53. The summed E-state index contributed by atoms with van der Waals surface area (Å²) in [5, 5.41) is 0.403. The van der Waals surface area contributed by atoms with E-state index >= 15 is 0 Å². The summed E-state index contributed by atoms with van der Waals surface area (Å²) in [6.45, 7) is 2.04. The molecule has 0 spiro atoms. The van der Waals surface area contributed by atoms with Crippen LogP contribution in [-0.2, 0) is 11.3 Å². The number of amides is 1. The van der Waals surface area contributed by atoms with Crippen LogP contribution < -0.4 is 4.74 Å². The third-order valence-corrected chi connectivity index (χ3v) is 3.97. The Kier molecular flexibility index (Phi) is 5.96. The number of nitrogens with zero attached hydrogens (tertiary/aromatic N) is 2. The summed E-state index contributed by atoms with van der Waals surface area (Å²) in [6.07, 6.45) is 0.913. The fraction of sp³-hybridized carbons (Fsp3) is 0.250. The molecule has 1 atom stereocenters. The van der Waals surface area contributed by atoms with E-state index in [9.17, 15) is 9.18 Å². The number of likely N-dealkylation sites (N-methyl/N-ethyl adjacent to an activating group) is 1. The molecule has 2 rings (SSSR count). The minimum absolute atomic E-state index is 0.198. The average Bonchev–Trinajstić information content (AvgIpc) is 2.51. The zero-order valence-electron chi connectivity index (χ0n) is 12.6. The van der Waals surface area contributed by atoms with E-state index in [1.807, 2.05) is 0 Å². The lowest BCUT2D eigenvalue weighted by molar-refractivity contribution is -0.137. The van der Waals surface area contributed by atoms with Crippen LogP contribution in [0.1, 0.15) is 12.5 Å². The van der Waals surface area contributed by atoms with Gasteiger partial charge in [0, 0.05) is 19.8 Å². The molecule has 1 aromatic heterocycles. The van der Waals surface area contributed by atoms with E-state index in [4.69, 9.17) is 16.3 Å². The van der Waals surface area contributed by atoms with E-state index < -0.39 is 6.10 Å². The Balaban J connectivity index is 1.99. The lowest BCUT2D eigenvalue weighted by Crippen LogP contribution is -2.37. The molecule has 1 unspecified atom stereocenters. The Labute approximate surface area is 147 Å². The molecular weight excluding hydrogens is 387 g/mol. The predicted molar refractivity (Wildman–Crippen MR) is 89.9 cm³/mol. The molecule has 0 bridgehead atoms. The van der Waals surface area contributed by atoms with Crippen molar-refractivity contribution in [2.75, 3.05) is 7.05 Å². The standard InChI is InChI=1S/C16H15BrClFN2O2/c1-10(23-14-5-4-12(19)7-13(14)17)16(22)21(2)9-11-3-6-15(18)20-8-11/h3-8,10H,9H2,1-2H3. The van der Waals surface area contributed by atoms with Crippen LogP contribution >= 0.6 is 27.5 Å². The van der Waals surface area contributed by atoms with Gasteiger partial charge in [-0.3, -0.25) is 4.79 Å². The van der Waals surface area contributed by atoms with E-state index in [-0.39, 0.29) is 11.7 Å². The minimum atomic E-state index is -0.706. The maximum Gasteiger partial charge on any atom is 0.263 e. The van der Waals surface area contributed by atoms with Crippen molar-refractivity contribution in [3.63, 3.8) is 0 Å². The van der Waals surface area contributed by atoms with Crippen molar-refractivity contribution in [1.82, 2.24) is 9.88 Å². The second kappa shape index (κ2) is 7.75. The van der Waals surface area contributed by atoms with Crippen LogP contribution in [0.25, 0.3) is 0 Å². The number of hydrogen-bond donors (Lipinski definition) is 0. The van der Waals surface area contributed by atoms with Crippen LogP contribution in [0.2, 0.25) is 5.15 Å². The molecular formula is C16H15BrClFN2O2. The molecule has 7 heteroatoms. The topological polar surface area (TPSA) is 42.4 Å². The van der Waals surface area contributed by atoms with Crippen LogP contribution in [0.4, 0.5) is 4.39 Å². The first-order valence-corrected chi connectivity index (χ1v) is 8.01. The van der Waals surface area contributed by atoms with Crippen molar-refractivity contribution in [2.45, 2.75) is 19.6 Å². The van der Waals surface area contributed by atoms with Gasteiger partial charge in [0.2, 0.25) is 0 Å². The fourth-order valence-electron chi connectivity index (χ4n) is 1.97. The SMILES string of the molecule is CC(Oc1ccc(F)cc1Br)C(=O)N(C)Cc1ccc(Cl)nc1. The van der Waals surface area contributed by atoms with E-state index in [1.165, 1.54) is 23.1 Å². The van der Waals surface area contributed by atoms with Crippen molar-refractivity contribution in [2.24, 2.45) is 0 Å². The number of carbonyl (C=O) groups excluding carboxylic acids is 1. The lowest BCUT2D eigenvalue weighted by atomic mass is 10.2. The summed E-state index contributed by atoms with van der Waals surface area (Å²) in [6, 6.07) is 7.52. The molecule has 1 amide bonds. The molecule has 4 nitrogen and oxygen atoms in total. The van der Waals surface area contributed by atoms with Gasteiger partial charge in [0.1, 0.15) is 16.7 Å². The summed E-state index contributed by atoms with van der Waals surface area (Å²) >= 11 is 8.95. The predicted octanol–water partition coefficient (Wildman–Crippen LogP) is 4.06. The number of pyridine rings is 1. The molecule has 0 aliphatic heterocycles. The third-order valence-electron chi connectivity index (χ3n) is 3.13. The van der Waals surface area contributed by atoms with Crippen molar-refractivity contribution in [1.29, 1.82) is 0 Å². The van der Waals surface area contributed by atoms with Crippen LogP contribution in [-0.4, -0.2) is 28.9 Å². The van der Waals surface area contributed by atoms with E-state index in [0.29, 0.717) is 21.9 Å². The summed E-state index contributed by atoms with van der Waals surface area (Å²) in [5.74, 6) is -0.166. The van der Waals surface area contributed by atoms with Gasteiger partial charge in [0.25, 0.3) is 5.91 Å². The largest absolute Gasteiger partial charge is 0.480 e. The normalized spacial score (nSPS) is 11.9. The maximum absolute atomic E-state index is 13.1. The summed E-state index contributed by atoms with van der Waals surface area (Å²) in [5.41, 5.74) is 0.861. The number of halogens is 3. The van der Waals surface area contributed by atoms with Gasteiger partial charge in [-0.2, -0.15) is 0 Å². The van der Waals surface area contributed by atoms with Gasteiger partial charge in [-0.05, 0) is 52.7 Å². The zero-order chi connectivity index (χ0) is 17.0. The number of ether oxygens (including phenoxy) is 1. The first kappa shape index (κ1) is 17.7. The summed E-state index contributed by atoms with van der Waals surface area (Å²) < 4.78 is 19.1. The van der Waals surface area contributed by atoms with Crippen LogP contribution in [0.5, 0.6) is 5.75 Å². The first-order chi connectivity index (χ1) is 10.9. The molecule has 0 radical (unpaired) electrons. The molecule has 0 saturated heterocycles. The Hall–Kier alpha value is -1.66. The molecule has 0 aliphatic carbocycles. The second-order valence-corrected chi connectivity index (χ2v) is 6.26. The number of aromatic nitrogens is 1. The number of rotatable bonds is 5. The van der Waals surface area contributed by atoms with E-state index in [2.05, 4.69) is 20.9 Å². The van der Waals surface area contributed by atoms with Gasteiger partial charge in [0.15, 0.2) is 6.10 Å². The molecule has 0 aliphatic rings. The number of hydrogen-bond acceptors (Lipinski definition) is 3. The van der Waals surface area contributed by atoms with Crippen LogP contribution in [0.15, 0.2) is 41.0 Å². The van der Waals surface area contributed by atoms with Gasteiger partial charge in [-0.25, -0.2) is 9.37 Å². The van der Waals surface area contributed by atoms with Gasteiger partial charge < -0.3 is 9.64 Å². The smallest absolute Gasteiger partial charge is 0.263 e. The third kappa shape index (κ3) is 4.91. The molecule has 122 valence electrons. The zero-order valence-corrected chi connectivity index (χ0v) is 14.9. The van der Waals surface area contributed by atoms with Crippen LogP contribution in [0, 0.1) is 5.82 Å². The Bertz CT molecular complexity index is 697. The first-order valence-electron chi connectivity index (χ1n) is 6.84. The van der Waals surface area contributed by atoms with Gasteiger partial charge in [-0.1, -0.05) is 17.7 Å². The highest BCUT2D eigenvalue weighted by Gasteiger charge is 2.20. The van der Waals surface area contributed by atoms with Crippen molar-refractivity contribution in [3.05, 3.63) is 57.5 Å². The Morgan fingerprint density at radius 3 is 2.78 bits per heavy atom. The highest BCUT2D eigenvalue weighted by atomic mass is 79.9. The molecule has 0 N–H and O–H groups in total. The second-order valence-electron chi connectivity index (χ2n) is 5.02. The lowest BCUT2D eigenvalue weighted by Gasteiger charge is -2.22. The number of benzene rings is 1. The van der Waals surface area contributed by atoms with Crippen molar-refractivity contribution < 1.29 is 13.9 Å². The van der Waals surface area contributed by atoms with Crippen molar-refractivity contribution >= 4 is 33.4 Å². The van der Waals surface area contributed by atoms with E-state index in [1.54, 1.807) is 32.3 Å². The van der Waals surface area contributed by atoms with Crippen LogP contribution in [0.3, 0.4) is 0 Å². The highest BCUT2D eigenvalue weighted by molar-refractivity contribution is 9.10. The molecule has 0 fully saturated rings. The van der Waals surface area contributed by atoms with Gasteiger partial charge in [0.05, 0.1) is 4.47 Å². The quantitative estimate of drug-likeness (QED) is 0.710.